The van der Waals surface area contributed by atoms with Gasteiger partial charge >= 0.3 is 0 Å². The smallest absolute Gasteiger partial charge is 0.134 e. The summed E-state index contributed by atoms with van der Waals surface area (Å²) in [7, 11) is 0. The third kappa shape index (κ3) is 3.79. The van der Waals surface area contributed by atoms with Crippen LogP contribution in [0.1, 0.15) is 5.69 Å². The second-order valence-electron chi connectivity index (χ2n) is 3.33. The van der Waals surface area contributed by atoms with Crippen molar-refractivity contribution in [2.75, 3.05) is 0 Å². The summed E-state index contributed by atoms with van der Waals surface area (Å²) in [6, 6.07) is 9.67. The van der Waals surface area contributed by atoms with E-state index in [1.807, 2.05) is 30.3 Å². The minimum atomic E-state index is 0.452. The average Bonchev–Trinajstić information content (AvgIpc) is 2.30. The summed E-state index contributed by atoms with van der Waals surface area (Å²) in [5, 5.41) is 0. The number of aromatic nitrogens is 1. The Morgan fingerprint density at radius 1 is 1.00 bits per heavy atom. The van der Waals surface area contributed by atoms with Gasteiger partial charge in [0.15, 0.2) is 0 Å². The van der Waals surface area contributed by atoms with E-state index >= 15 is 0 Å². The number of rotatable bonds is 3. The second-order valence-corrected chi connectivity index (χ2v) is 6.02. The van der Waals surface area contributed by atoms with E-state index in [4.69, 9.17) is 4.74 Å². The lowest BCUT2D eigenvalue weighted by atomic mass is 10.3. The van der Waals surface area contributed by atoms with Gasteiger partial charge in [-0.15, -0.1) is 0 Å². The zero-order valence-corrected chi connectivity index (χ0v) is 13.4. The van der Waals surface area contributed by atoms with Crippen LogP contribution in [0.2, 0.25) is 0 Å². The van der Waals surface area contributed by atoms with E-state index in [9.17, 15) is 0 Å². The summed E-state index contributed by atoms with van der Waals surface area (Å²) in [5.41, 5.74) is 0.892. The topological polar surface area (TPSA) is 22.1 Å². The normalized spacial score (nSPS) is 10.3. The van der Waals surface area contributed by atoms with E-state index < -0.39 is 0 Å². The van der Waals surface area contributed by atoms with E-state index in [2.05, 4.69) is 52.8 Å². The molecule has 0 saturated heterocycles. The van der Waals surface area contributed by atoms with Crippen LogP contribution in [0.15, 0.2) is 49.9 Å². The molecule has 0 bridgehead atoms. The standard InChI is InChI=1S/C12H8Br3NO/c13-8-2-4-12(11(15)5-8)17-7-10-3-1-9(14)6-16-10/h1-6H,7H2. The molecule has 1 heterocycles. The zero-order valence-electron chi connectivity index (χ0n) is 8.66. The Morgan fingerprint density at radius 3 is 2.41 bits per heavy atom. The van der Waals surface area contributed by atoms with Crippen LogP contribution in [0.3, 0.4) is 0 Å². The van der Waals surface area contributed by atoms with Gasteiger partial charge in [-0.2, -0.15) is 0 Å². The highest BCUT2D eigenvalue weighted by atomic mass is 79.9. The van der Waals surface area contributed by atoms with Crippen molar-refractivity contribution in [3.8, 4) is 5.75 Å². The molecule has 2 nitrogen and oxygen atoms in total. The maximum atomic E-state index is 5.67. The van der Waals surface area contributed by atoms with E-state index in [0.29, 0.717) is 6.61 Å². The third-order valence-corrected chi connectivity index (χ3v) is 3.64. The number of halogens is 3. The van der Waals surface area contributed by atoms with Crippen molar-refractivity contribution in [2.24, 2.45) is 0 Å². The summed E-state index contributed by atoms with van der Waals surface area (Å²) < 4.78 is 8.57. The molecule has 1 aromatic carbocycles. The van der Waals surface area contributed by atoms with Crippen molar-refractivity contribution in [3.63, 3.8) is 0 Å². The second kappa shape index (κ2) is 5.98. The van der Waals surface area contributed by atoms with Crippen LogP contribution in [0, 0.1) is 0 Å². The number of nitrogens with zero attached hydrogens (tertiary/aromatic N) is 1. The zero-order chi connectivity index (χ0) is 12.3. The Bertz CT molecular complexity index is 514. The summed E-state index contributed by atoms with van der Waals surface area (Å²) in [6.45, 7) is 0.452. The van der Waals surface area contributed by atoms with Gasteiger partial charge in [0.05, 0.1) is 10.2 Å². The fourth-order valence-electron chi connectivity index (χ4n) is 1.24. The molecule has 0 unspecified atom stereocenters. The Balaban J connectivity index is 2.04. The number of pyridine rings is 1. The molecule has 2 aromatic rings. The minimum Gasteiger partial charge on any atom is -0.486 e. The minimum absolute atomic E-state index is 0.452. The van der Waals surface area contributed by atoms with Gasteiger partial charge < -0.3 is 4.74 Å². The van der Waals surface area contributed by atoms with Crippen LogP contribution in [-0.2, 0) is 6.61 Å². The van der Waals surface area contributed by atoms with Gasteiger partial charge in [0.1, 0.15) is 12.4 Å². The first kappa shape index (κ1) is 13.1. The third-order valence-electron chi connectivity index (χ3n) is 2.06. The first-order valence-electron chi connectivity index (χ1n) is 4.83. The van der Waals surface area contributed by atoms with Gasteiger partial charge in [-0.25, -0.2) is 0 Å². The molecule has 0 amide bonds. The Kier molecular flexibility index (Phi) is 4.59. The summed E-state index contributed by atoms with van der Waals surface area (Å²) in [6.07, 6.45) is 1.76. The molecule has 0 saturated carbocycles. The fourth-order valence-corrected chi connectivity index (χ4v) is 2.63. The molecule has 0 spiro atoms. The molecule has 0 fully saturated rings. The van der Waals surface area contributed by atoms with Crippen LogP contribution in [-0.4, -0.2) is 4.98 Å². The molecule has 17 heavy (non-hydrogen) atoms. The van der Waals surface area contributed by atoms with E-state index in [0.717, 1.165) is 24.9 Å². The first-order chi connectivity index (χ1) is 8.15. The summed E-state index contributed by atoms with van der Waals surface area (Å²) in [4.78, 5) is 4.24. The van der Waals surface area contributed by atoms with Crippen molar-refractivity contribution in [2.45, 2.75) is 6.61 Å². The lowest BCUT2D eigenvalue weighted by Crippen LogP contribution is -1.98. The van der Waals surface area contributed by atoms with E-state index in [-0.39, 0.29) is 0 Å². The maximum Gasteiger partial charge on any atom is 0.134 e. The molecular weight excluding hydrogens is 414 g/mol. The Labute approximate surface area is 125 Å². The monoisotopic (exact) mass is 419 g/mol. The van der Waals surface area contributed by atoms with Crippen molar-refractivity contribution < 1.29 is 4.74 Å². The fraction of sp³-hybridized carbons (Fsp3) is 0.0833. The van der Waals surface area contributed by atoms with Gasteiger partial charge in [0.2, 0.25) is 0 Å². The van der Waals surface area contributed by atoms with Gasteiger partial charge in [-0.1, -0.05) is 15.9 Å². The van der Waals surface area contributed by atoms with Crippen LogP contribution < -0.4 is 4.74 Å². The first-order valence-corrected chi connectivity index (χ1v) is 7.21. The van der Waals surface area contributed by atoms with Crippen LogP contribution in [0.4, 0.5) is 0 Å². The van der Waals surface area contributed by atoms with Crippen molar-refractivity contribution in [1.29, 1.82) is 0 Å². The van der Waals surface area contributed by atoms with Gasteiger partial charge in [-0.05, 0) is 62.2 Å². The van der Waals surface area contributed by atoms with Gasteiger partial charge in [0.25, 0.3) is 0 Å². The van der Waals surface area contributed by atoms with E-state index in [1.165, 1.54) is 0 Å². The van der Waals surface area contributed by atoms with Crippen molar-refractivity contribution >= 4 is 47.8 Å². The highest BCUT2D eigenvalue weighted by Gasteiger charge is 2.02. The molecular formula is C12H8Br3NO. The van der Waals surface area contributed by atoms with Crippen LogP contribution >= 0.6 is 47.8 Å². The molecule has 2 rings (SSSR count). The number of hydrogen-bond acceptors (Lipinski definition) is 2. The quantitative estimate of drug-likeness (QED) is 0.699. The molecule has 88 valence electrons. The van der Waals surface area contributed by atoms with Crippen LogP contribution in [0.25, 0.3) is 0 Å². The molecule has 0 atom stereocenters. The molecule has 0 radical (unpaired) electrons. The average molecular weight is 422 g/mol. The highest BCUT2D eigenvalue weighted by Crippen LogP contribution is 2.28. The molecule has 0 aliphatic heterocycles. The molecule has 0 aliphatic carbocycles. The Morgan fingerprint density at radius 2 is 1.76 bits per heavy atom. The molecule has 0 aliphatic rings. The van der Waals surface area contributed by atoms with Gasteiger partial charge in [-0.3, -0.25) is 4.98 Å². The van der Waals surface area contributed by atoms with Crippen molar-refractivity contribution in [3.05, 3.63) is 55.6 Å². The summed E-state index contributed by atoms with van der Waals surface area (Å²) >= 11 is 10.2. The molecule has 0 N–H and O–H groups in total. The molecule has 1 aromatic heterocycles. The van der Waals surface area contributed by atoms with Crippen molar-refractivity contribution in [1.82, 2.24) is 4.98 Å². The SMILES string of the molecule is Brc1ccc(COc2ccc(Br)cc2Br)nc1. The largest absolute Gasteiger partial charge is 0.486 e. The maximum absolute atomic E-state index is 5.67. The lowest BCUT2D eigenvalue weighted by Gasteiger charge is -2.08. The predicted molar refractivity (Wildman–Crippen MR) is 78.1 cm³/mol. The van der Waals surface area contributed by atoms with Gasteiger partial charge in [0, 0.05) is 15.1 Å². The summed E-state index contributed by atoms with van der Waals surface area (Å²) in [5.74, 6) is 0.804. The number of hydrogen-bond donors (Lipinski definition) is 0. The molecule has 5 heteroatoms. The Hall–Kier alpha value is -0.390. The number of benzene rings is 1. The highest BCUT2D eigenvalue weighted by molar-refractivity contribution is 9.11. The van der Waals surface area contributed by atoms with Crippen LogP contribution in [0.5, 0.6) is 5.75 Å². The predicted octanol–water partition coefficient (Wildman–Crippen LogP) is 4.95. The van der Waals surface area contributed by atoms with E-state index in [1.54, 1.807) is 6.20 Å². The lowest BCUT2D eigenvalue weighted by molar-refractivity contribution is 0.299. The number of ether oxygens (including phenoxy) is 1.